The fraction of sp³-hybridized carbons (Fsp3) is 0.200. The Morgan fingerprint density at radius 3 is 2.57 bits per heavy atom. The Morgan fingerprint density at radius 1 is 1.86 bits per heavy atom. The van der Waals surface area contributed by atoms with Crippen molar-refractivity contribution in [1.29, 1.82) is 0 Å². The van der Waals surface area contributed by atoms with Gasteiger partial charge in [0.15, 0.2) is 0 Å². The summed E-state index contributed by atoms with van der Waals surface area (Å²) in [5.74, 6) is 3.88. The van der Waals surface area contributed by atoms with Crippen molar-refractivity contribution in [1.82, 2.24) is 0 Å². The normalized spacial score (nSPS) is 6.00. The first kappa shape index (κ1) is 6.03. The second-order valence-electron chi connectivity index (χ2n) is 0.807. The van der Waals surface area contributed by atoms with E-state index in [0.717, 1.165) is 0 Å². The molecule has 7 heavy (non-hydrogen) atoms. The molecular weight excluding hydrogens is 92.1 g/mol. The molecule has 37 valence electrons. The Morgan fingerprint density at radius 2 is 2.43 bits per heavy atom. The predicted molar refractivity (Wildman–Crippen MR) is 24.9 cm³/mol. The molecule has 0 N–H and O–H groups in total. The maximum atomic E-state index is 9.95. The molecule has 0 aromatic carbocycles. The van der Waals surface area contributed by atoms with E-state index in [4.69, 9.17) is 0 Å². The SMILES string of the molecule is [CH2]OC(=O)C#CC. The molecule has 0 saturated heterocycles. The Kier molecular flexibility index (Phi) is 2.78. The number of ether oxygens (including phenoxy) is 1. The average molecular weight is 97.1 g/mol. The second kappa shape index (κ2) is 3.23. The van der Waals surface area contributed by atoms with Crippen LogP contribution in [0.5, 0.6) is 0 Å². The van der Waals surface area contributed by atoms with Gasteiger partial charge in [-0.05, 0) is 6.92 Å². The van der Waals surface area contributed by atoms with Crippen molar-refractivity contribution in [3.8, 4) is 11.8 Å². The highest BCUT2D eigenvalue weighted by Crippen LogP contribution is 1.66. The fourth-order valence-electron chi connectivity index (χ4n) is 0.138. The molecule has 2 heteroatoms. The van der Waals surface area contributed by atoms with E-state index in [1.807, 2.05) is 0 Å². The zero-order chi connectivity index (χ0) is 5.70. The molecule has 0 saturated carbocycles. The fourth-order valence-corrected chi connectivity index (χ4v) is 0.138. The molecule has 0 unspecified atom stereocenters. The van der Waals surface area contributed by atoms with Crippen LogP contribution < -0.4 is 0 Å². The number of hydrogen-bond acceptors (Lipinski definition) is 2. The van der Waals surface area contributed by atoms with E-state index in [9.17, 15) is 4.79 Å². The molecule has 0 amide bonds. The molecule has 0 aliphatic rings. The van der Waals surface area contributed by atoms with Crippen LogP contribution in [0.2, 0.25) is 0 Å². The molecule has 0 fully saturated rings. The van der Waals surface area contributed by atoms with Crippen LogP contribution in [0.3, 0.4) is 0 Å². The van der Waals surface area contributed by atoms with Gasteiger partial charge in [-0.3, -0.25) is 0 Å². The lowest BCUT2D eigenvalue weighted by molar-refractivity contribution is -0.131. The molecule has 0 atom stereocenters. The van der Waals surface area contributed by atoms with E-state index in [0.29, 0.717) is 0 Å². The highest BCUT2D eigenvalue weighted by molar-refractivity contribution is 5.88. The lowest BCUT2D eigenvalue weighted by atomic mass is 10.6. The molecule has 2 nitrogen and oxygen atoms in total. The summed E-state index contributed by atoms with van der Waals surface area (Å²) in [5.41, 5.74) is 0. The van der Waals surface area contributed by atoms with E-state index < -0.39 is 5.97 Å². The molecule has 0 heterocycles. The third-order valence-corrected chi connectivity index (χ3v) is 0.358. The summed E-state index contributed by atoms with van der Waals surface area (Å²) in [6.07, 6.45) is 0. The summed E-state index contributed by atoms with van der Waals surface area (Å²) >= 11 is 0. The quantitative estimate of drug-likeness (QED) is 0.247. The van der Waals surface area contributed by atoms with Crippen LogP contribution in [-0.4, -0.2) is 5.97 Å². The Bertz CT molecular complexity index is 116. The van der Waals surface area contributed by atoms with E-state index in [-0.39, 0.29) is 0 Å². The van der Waals surface area contributed by atoms with Crippen LogP contribution in [0, 0.1) is 19.0 Å². The van der Waals surface area contributed by atoms with Gasteiger partial charge in [0.2, 0.25) is 0 Å². The van der Waals surface area contributed by atoms with E-state index >= 15 is 0 Å². The van der Waals surface area contributed by atoms with Gasteiger partial charge in [0, 0.05) is 5.92 Å². The Balaban J connectivity index is 3.52. The van der Waals surface area contributed by atoms with Crippen molar-refractivity contribution in [2.24, 2.45) is 0 Å². The van der Waals surface area contributed by atoms with Crippen LogP contribution in [-0.2, 0) is 9.53 Å². The maximum Gasteiger partial charge on any atom is 0.384 e. The number of rotatable bonds is 0. The van der Waals surface area contributed by atoms with Gasteiger partial charge in [-0.25, -0.2) is 4.79 Å². The largest absolute Gasteiger partial charge is 0.452 e. The number of carbonyl (C=O) groups is 1. The first-order chi connectivity index (χ1) is 3.31. The number of carbonyl (C=O) groups excluding carboxylic acids is 1. The molecule has 0 bridgehead atoms. The first-order valence-corrected chi connectivity index (χ1v) is 1.70. The van der Waals surface area contributed by atoms with Crippen molar-refractivity contribution in [2.75, 3.05) is 0 Å². The van der Waals surface area contributed by atoms with E-state index in [1.54, 1.807) is 6.92 Å². The van der Waals surface area contributed by atoms with E-state index in [2.05, 4.69) is 23.7 Å². The van der Waals surface area contributed by atoms with Gasteiger partial charge in [0.05, 0.1) is 0 Å². The lowest BCUT2D eigenvalue weighted by Gasteiger charge is -1.80. The molecule has 1 radical (unpaired) electrons. The van der Waals surface area contributed by atoms with Gasteiger partial charge < -0.3 is 4.74 Å². The van der Waals surface area contributed by atoms with Crippen LogP contribution in [0.1, 0.15) is 6.92 Å². The molecule has 0 rings (SSSR count). The Hall–Kier alpha value is -0.970. The summed E-state index contributed by atoms with van der Waals surface area (Å²) in [6.45, 7) is 1.55. The summed E-state index contributed by atoms with van der Waals surface area (Å²) in [5, 5.41) is 0. The maximum absolute atomic E-state index is 9.95. The molecule has 0 aliphatic carbocycles. The van der Waals surface area contributed by atoms with Crippen LogP contribution in [0.15, 0.2) is 0 Å². The molecule has 0 aliphatic heterocycles. The first-order valence-electron chi connectivity index (χ1n) is 1.70. The average Bonchev–Trinajstić information content (AvgIpc) is 1.68. The summed E-state index contributed by atoms with van der Waals surface area (Å²) in [6, 6.07) is 0. The topological polar surface area (TPSA) is 26.3 Å². The second-order valence-corrected chi connectivity index (χ2v) is 0.807. The van der Waals surface area contributed by atoms with Crippen molar-refractivity contribution < 1.29 is 9.53 Å². The molecule has 0 spiro atoms. The van der Waals surface area contributed by atoms with Crippen molar-refractivity contribution in [3.63, 3.8) is 0 Å². The van der Waals surface area contributed by atoms with Gasteiger partial charge in [-0.15, -0.1) is 0 Å². The third-order valence-electron chi connectivity index (χ3n) is 0.358. The standard InChI is InChI=1S/C5H5O2/c1-3-4-5(6)7-2/h2H2,1H3. The predicted octanol–water partition coefficient (Wildman–Crippen LogP) is 0.344. The summed E-state index contributed by atoms with van der Waals surface area (Å²) in [4.78, 5) is 9.95. The third kappa shape index (κ3) is 2.84. The van der Waals surface area contributed by atoms with Gasteiger partial charge in [0.1, 0.15) is 7.11 Å². The minimum absolute atomic E-state index is 0.595. The summed E-state index contributed by atoms with van der Waals surface area (Å²) < 4.78 is 3.93. The number of esters is 1. The molecule has 0 aromatic heterocycles. The minimum atomic E-state index is -0.595. The van der Waals surface area contributed by atoms with E-state index in [1.165, 1.54) is 0 Å². The van der Waals surface area contributed by atoms with Gasteiger partial charge in [-0.1, -0.05) is 5.92 Å². The minimum Gasteiger partial charge on any atom is -0.452 e. The van der Waals surface area contributed by atoms with Gasteiger partial charge in [-0.2, -0.15) is 0 Å². The smallest absolute Gasteiger partial charge is 0.384 e. The summed E-state index contributed by atoms with van der Waals surface area (Å²) in [7, 11) is 2.85. The van der Waals surface area contributed by atoms with Gasteiger partial charge >= 0.3 is 5.97 Å². The van der Waals surface area contributed by atoms with Gasteiger partial charge in [0.25, 0.3) is 0 Å². The molecular formula is C5H5O2. The van der Waals surface area contributed by atoms with Crippen LogP contribution in [0.4, 0.5) is 0 Å². The van der Waals surface area contributed by atoms with Crippen molar-refractivity contribution >= 4 is 5.97 Å². The van der Waals surface area contributed by atoms with Crippen molar-refractivity contribution in [2.45, 2.75) is 6.92 Å². The van der Waals surface area contributed by atoms with Crippen LogP contribution >= 0.6 is 0 Å². The monoisotopic (exact) mass is 97.0 g/mol. The van der Waals surface area contributed by atoms with Crippen LogP contribution in [0.25, 0.3) is 0 Å². The lowest BCUT2D eigenvalue weighted by Crippen LogP contribution is -1.91. The zero-order valence-electron chi connectivity index (χ0n) is 4.02. The number of hydrogen-bond donors (Lipinski definition) is 0. The highest BCUT2D eigenvalue weighted by Gasteiger charge is 1.84. The highest BCUT2D eigenvalue weighted by atomic mass is 16.5. The zero-order valence-corrected chi connectivity index (χ0v) is 4.02. The molecule has 0 aromatic rings. The Labute approximate surface area is 42.5 Å². The van der Waals surface area contributed by atoms with Crippen molar-refractivity contribution in [3.05, 3.63) is 7.11 Å².